The molecule has 0 bridgehead atoms. The van der Waals surface area contributed by atoms with Crippen LogP contribution in [0.5, 0.6) is 0 Å². The van der Waals surface area contributed by atoms with E-state index in [1.165, 1.54) is 27.1 Å². The van der Waals surface area contributed by atoms with Gasteiger partial charge < -0.3 is 35.3 Å². The van der Waals surface area contributed by atoms with Crippen LogP contribution in [0, 0.1) is 12.0 Å². The summed E-state index contributed by atoms with van der Waals surface area (Å²) < 4.78 is 0. The van der Waals surface area contributed by atoms with E-state index in [-0.39, 0.29) is 51.9 Å². The Bertz CT molecular complexity index is 1140. The first-order valence-corrected chi connectivity index (χ1v) is 13.0. The Balaban J connectivity index is 0. The Morgan fingerprint density at radius 3 is 1.61 bits per heavy atom. The molecule has 1 amide bonds. The van der Waals surface area contributed by atoms with Crippen LogP contribution in [0.25, 0.3) is 5.73 Å². The number of amides is 1. The van der Waals surface area contributed by atoms with Crippen molar-refractivity contribution in [1.82, 2.24) is 0 Å². The van der Waals surface area contributed by atoms with Crippen LogP contribution in [-0.2, 0) is 27.1 Å². The molecule has 1 atom stereocenters. The van der Waals surface area contributed by atoms with Crippen molar-refractivity contribution in [1.29, 1.82) is 0 Å². The summed E-state index contributed by atoms with van der Waals surface area (Å²) in [6, 6.07) is 28.4. The fraction of sp³-hybridized carbons (Fsp3) is 0.281. The molecule has 0 heterocycles. The molecule has 0 saturated heterocycles. The molecule has 2 nitrogen and oxygen atoms in total. The molecule has 6 heteroatoms. The Morgan fingerprint density at radius 1 is 0.816 bits per heavy atom. The van der Waals surface area contributed by atoms with Gasteiger partial charge in [0.1, 0.15) is 9.52 Å². The van der Waals surface area contributed by atoms with Crippen molar-refractivity contribution in [2.75, 3.05) is 0 Å². The van der Waals surface area contributed by atoms with Crippen LogP contribution in [0.3, 0.4) is 0 Å². The van der Waals surface area contributed by atoms with Gasteiger partial charge in [-0.2, -0.15) is 11.1 Å². The van der Waals surface area contributed by atoms with Gasteiger partial charge in [0, 0.05) is 0 Å². The van der Waals surface area contributed by atoms with E-state index < -0.39 is 5.91 Å². The summed E-state index contributed by atoms with van der Waals surface area (Å²) in [5, 5.41) is 2.79. The zero-order valence-corrected chi connectivity index (χ0v) is 27.4. The molecule has 3 aromatic carbocycles. The minimum absolute atomic E-state index is 0. The van der Waals surface area contributed by atoms with E-state index in [1.807, 2.05) is 12.1 Å². The second-order valence-corrected chi connectivity index (χ2v) is 11.2. The summed E-state index contributed by atoms with van der Waals surface area (Å²) in [4.78, 5) is 10.8. The van der Waals surface area contributed by atoms with Gasteiger partial charge in [-0.3, -0.25) is 6.08 Å². The predicted octanol–water partition coefficient (Wildman–Crippen LogP) is 1.25. The number of hydrogen-bond donors (Lipinski definition) is 0. The van der Waals surface area contributed by atoms with Crippen molar-refractivity contribution in [2.24, 2.45) is 5.92 Å². The maximum atomic E-state index is 10.8. The van der Waals surface area contributed by atoms with Crippen molar-refractivity contribution in [2.45, 2.75) is 53.9 Å². The monoisotopic (exact) mass is 597 g/mol. The van der Waals surface area contributed by atoms with Crippen LogP contribution in [0.4, 0.5) is 0 Å². The fourth-order valence-electron chi connectivity index (χ4n) is 3.50. The number of halogens is 2. The van der Waals surface area contributed by atoms with Gasteiger partial charge in [0.2, 0.25) is 0 Å². The third-order valence-electron chi connectivity index (χ3n) is 6.06. The summed E-state index contributed by atoms with van der Waals surface area (Å²) in [6.07, 6.45) is 3.36. The normalized spacial score (nSPS) is 13.7. The van der Waals surface area contributed by atoms with Crippen LogP contribution >= 0.6 is 0 Å². The van der Waals surface area contributed by atoms with E-state index in [2.05, 4.69) is 115 Å². The topological polar surface area (TPSA) is 40.9 Å². The summed E-state index contributed by atoms with van der Waals surface area (Å²) in [5.74, 6) is -0.0592. The molecule has 0 saturated carbocycles. The molecule has 1 aliphatic carbocycles. The minimum atomic E-state index is -0.619. The third-order valence-corrected chi connectivity index (χ3v) is 7.31. The minimum Gasteiger partial charge on any atom is -1.00 e. The average molecular weight is 599 g/mol. The molecule has 0 aliphatic heterocycles. The van der Waals surface area contributed by atoms with E-state index >= 15 is 0 Å². The molecule has 0 fully saturated rings. The number of allylic oxidation sites excluding steroid dienone is 4. The largest absolute Gasteiger partial charge is 4.00 e. The van der Waals surface area contributed by atoms with Gasteiger partial charge in [-0.05, 0) is 22.6 Å². The number of benzene rings is 3. The first-order chi connectivity index (χ1) is 16.5. The molecular weight excluding hydrogens is 561 g/mol. The van der Waals surface area contributed by atoms with Gasteiger partial charge in [-0.1, -0.05) is 137 Å². The zero-order chi connectivity index (χ0) is 26.0. The van der Waals surface area contributed by atoms with Crippen molar-refractivity contribution in [3.05, 3.63) is 125 Å². The molecule has 4 rings (SSSR count). The standard InChI is InChI=1S/C12H10Si.C11H15NO.C9H13.2ClH.Ti/c1-3-7-11(8-4-1)13-12-9-5-2-6-10-12;1-11(2,3)9-6-4-5-8(7-9)10(12)13;1-6-5-7(2)9(4)8(6)3;;;/h1-10H;4-7H,1-3H3,(H2,12,13);6H,1-4H3;2*1H;/q;;-1;;;+4/p-3. The van der Waals surface area contributed by atoms with Crippen molar-refractivity contribution < 1.29 is 51.3 Å². The summed E-state index contributed by atoms with van der Waals surface area (Å²) >= 11 is 0. The van der Waals surface area contributed by atoms with Gasteiger partial charge in [0.15, 0.2) is 0 Å². The Morgan fingerprint density at radius 2 is 1.29 bits per heavy atom. The van der Waals surface area contributed by atoms with E-state index in [0.29, 0.717) is 11.5 Å². The van der Waals surface area contributed by atoms with E-state index in [9.17, 15) is 4.79 Å². The molecular formula is C32H37Cl2NOSiTi. The Hall–Kier alpha value is -1.88. The molecule has 1 aliphatic rings. The molecule has 1 N–H and O–H groups in total. The quantitative estimate of drug-likeness (QED) is 0.331. The maximum absolute atomic E-state index is 10.8. The summed E-state index contributed by atoms with van der Waals surface area (Å²) in [6.45, 7) is 14.9. The first-order valence-electron chi connectivity index (χ1n) is 12.0. The van der Waals surface area contributed by atoms with Crippen LogP contribution in [0.1, 0.15) is 64.4 Å². The number of hydrogen-bond acceptors (Lipinski definition) is 1. The molecule has 38 heavy (non-hydrogen) atoms. The van der Waals surface area contributed by atoms with Crippen LogP contribution in [0.2, 0.25) is 0 Å². The second kappa shape index (κ2) is 18.4. The molecule has 0 aromatic heterocycles. The third kappa shape index (κ3) is 12.8. The number of rotatable bonds is 3. The number of carbonyl (C=O) groups is 1. The Kier molecular flexibility index (Phi) is 18.5. The SMILES string of the molecule is CC(C)(C)c1cccc(C([NH-])=O)c1.CC1=[C-]C(C)C(C)=C1C.[Cl-].[Cl-].[Ti+4].c1ccc([Si]c2ccccc2)cc1. The van der Waals surface area contributed by atoms with Gasteiger partial charge in [0.05, 0.1) is 5.91 Å². The summed E-state index contributed by atoms with van der Waals surface area (Å²) in [5.41, 5.74) is 12.8. The van der Waals surface area contributed by atoms with Crippen molar-refractivity contribution in [3.8, 4) is 0 Å². The van der Waals surface area contributed by atoms with E-state index in [1.54, 1.807) is 12.1 Å². The molecule has 0 spiro atoms. The van der Waals surface area contributed by atoms with Crippen molar-refractivity contribution in [3.63, 3.8) is 0 Å². The molecule has 2 radical (unpaired) electrons. The maximum Gasteiger partial charge on any atom is 4.00 e. The predicted molar refractivity (Wildman–Crippen MR) is 152 cm³/mol. The Labute approximate surface area is 260 Å². The molecule has 198 valence electrons. The number of nitrogens with one attached hydrogen (secondary N) is 1. The summed E-state index contributed by atoms with van der Waals surface area (Å²) in [7, 11) is 0.777. The first kappa shape index (κ1) is 38.3. The van der Waals surface area contributed by atoms with Crippen LogP contribution in [-0.4, -0.2) is 15.4 Å². The van der Waals surface area contributed by atoms with Gasteiger partial charge in [-0.15, -0.1) is 6.92 Å². The van der Waals surface area contributed by atoms with Crippen LogP contribution < -0.4 is 35.2 Å². The van der Waals surface area contributed by atoms with Crippen LogP contribution in [0.15, 0.2) is 102 Å². The van der Waals surface area contributed by atoms with Gasteiger partial charge in [0.25, 0.3) is 0 Å². The average Bonchev–Trinajstić information content (AvgIpc) is 3.06. The zero-order valence-electron chi connectivity index (χ0n) is 23.3. The smallest absolute Gasteiger partial charge is 1.00 e. The van der Waals surface area contributed by atoms with Gasteiger partial charge >= 0.3 is 21.7 Å². The van der Waals surface area contributed by atoms with Gasteiger partial charge in [-0.25, -0.2) is 5.57 Å². The molecule has 1 unspecified atom stereocenters. The van der Waals surface area contributed by atoms with Crippen molar-refractivity contribution >= 4 is 25.8 Å². The van der Waals surface area contributed by atoms with E-state index in [0.717, 1.165) is 15.1 Å². The number of carbonyl (C=O) groups excluding carboxylic acids is 1. The second-order valence-electron chi connectivity index (χ2n) is 9.82. The molecule has 3 aromatic rings. The fourth-order valence-corrected chi connectivity index (χ4v) is 4.55. The van der Waals surface area contributed by atoms with E-state index in [4.69, 9.17) is 5.73 Å².